The first-order valence-electron chi connectivity index (χ1n) is 8.33. The van der Waals surface area contributed by atoms with Gasteiger partial charge >= 0.3 is 0 Å². The molecule has 0 aromatic carbocycles. The molecule has 2 fully saturated rings. The number of rotatable bonds is 2. The van der Waals surface area contributed by atoms with Crippen molar-refractivity contribution in [1.29, 1.82) is 0 Å². The molecule has 0 N–H and O–H groups in total. The highest BCUT2D eigenvalue weighted by Gasteiger charge is 2.43. The minimum absolute atomic E-state index is 0.0262. The molecule has 118 valence electrons. The maximum Gasteiger partial charge on any atom is 0.259 e. The Morgan fingerprint density at radius 2 is 2.14 bits per heavy atom. The van der Waals surface area contributed by atoms with E-state index in [1.54, 1.807) is 18.3 Å². The van der Waals surface area contributed by atoms with Crippen molar-refractivity contribution in [3.05, 3.63) is 23.9 Å². The number of hydrogen-bond donors (Lipinski definition) is 0. The quantitative estimate of drug-likeness (QED) is 0.835. The Morgan fingerprint density at radius 3 is 2.95 bits per heavy atom. The summed E-state index contributed by atoms with van der Waals surface area (Å²) >= 11 is 0. The van der Waals surface area contributed by atoms with Crippen LogP contribution in [0.4, 0.5) is 0 Å². The van der Waals surface area contributed by atoms with Crippen molar-refractivity contribution in [2.24, 2.45) is 5.92 Å². The molecular weight excluding hydrogens is 278 g/mol. The van der Waals surface area contributed by atoms with Crippen LogP contribution in [0.15, 0.2) is 18.3 Å². The minimum Gasteiger partial charge on any atom is -0.470 e. The highest BCUT2D eigenvalue weighted by molar-refractivity contribution is 5.96. The van der Waals surface area contributed by atoms with Gasteiger partial charge < -0.3 is 9.64 Å². The summed E-state index contributed by atoms with van der Waals surface area (Å²) in [5.74, 6) is 1.35. The van der Waals surface area contributed by atoms with Crippen LogP contribution in [0.25, 0.3) is 0 Å². The van der Waals surface area contributed by atoms with Gasteiger partial charge in [0.05, 0.1) is 6.04 Å². The molecule has 3 aliphatic rings. The lowest BCUT2D eigenvalue weighted by atomic mass is 10.1. The zero-order chi connectivity index (χ0) is 15.1. The van der Waals surface area contributed by atoms with E-state index in [1.807, 2.05) is 11.9 Å². The van der Waals surface area contributed by atoms with Gasteiger partial charge in [-0.3, -0.25) is 9.69 Å². The third-order valence-electron chi connectivity index (χ3n) is 5.39. The van der Waals surface area contributed by atoms with Crippen LogP contribution >= 0.6 is 0 Å². The molecule has 1 aromatic heterocycles. The molecule has 1 saturated carbocycles. The van der Waals surface area contributed by atoms with E-state index in [9.17, 15) is 4.79 Å². The van der Waals surface area contributed by atoms with E-state index in [4.69, 9.17) is 4.74 Å². The van der Waals surface area contributed by atoms with Gasteiger partial charge in [0, 0.05) is 32.9 Å². The Hall–Kier alpha value is -1.62. The molecule has 3 heterocycles. The van der Waals surface area contributed by atoms with Crippen LogP contribution < -0.4 is 4.74 Å². The summed E-state index contributed by atoms with van der Waals surface area (Å²) < 4.78 is 6.10. The predicted molar refractivity (Wildman–Crippen MR) is 82.9 cm³/mol. The number of amides is 1. The third kappa shape index (κ3) is 2.37. The molecule has 1 aliphatic carbocycles. The zero-order valence-corrected chi connectivity index (χ0v) is 13.1. The van der Waals surface area contributed by atoms with Gasteiger partial charge in [-0.1, -0.05) is 12.8 Å². The molecule has 2 aliphatic heterocycles. The van der Waals surface area contributed by atoms with Crippen LogP contribution in [0.1, 0.15) is 36.0 Å². The molecule has 0 unspecified atom stereocenters. The van der Waals surface area contributed by atoms with Crippen LogP contribution in [-0.4, -0.2) is 59.5 Å². The van der Waals surface area contributed by atoms with Crippen LogP contribution in [-0.2, 0) is 0 Å². The summed E-state index contributed by atoms with van der Waals surface area (Å²) in [5, 5.41) is 0. The van der Waals surface area contributed by atoms with Crippen molar-refractivity contribution in [3.8, 4) is 5.88 Å². The smallest absolute Gasteiger partial charge is 0.259 e. The lowest BCUT2D eigenvalue weighted by Crippen LogP contribution is -2.44. The van der Waals surface area contributed by atoms with Gasteiger partial charge in [0.25, 0.3) is 5.91 Å². The van der Waals surface area contributed by atoms with Crippen molar-refractivity contribution in [2.45, 2.75) is 37.8 Å². The average molecular weight is 301 g/mol. The van der Waals surface area contributed by atoms with Gasteiger partial charge in [-0.15, -0.1) is 0 Å². The van der Waals surface area contributed by atoms with Crippen molar-refractivity contribution < 1.29 is 9.53 Å². The van der Waals surface area contributed by atoms with Gasteiger partial charge in [-0.05, 0) is 30.9 Å². The van der Waals surface area contributed by atoms with E-state index in [1.165, 1.54) is 25.7 Å². The largest absolute Gasteiger partial charge is 0.470 e. The van der Waals surface area contributed by atoms with E-state index in [0.717, 1.165) is 25.6 Å². The molecular formula is C17H23N3O2. The van der Waals surface area contributed by atoms with E-state index in [2.05, 4.69) is 9.88 Å². The van der Waals surface area contributed by atoms with Gasteiger partial charge in [0.1, 0.15) is 11.7 Å². The number of carbonyl (C=O) groups excluding carboxylic acids is 1. The molecule has 4 rings (SSSR count). The number of aromatic nitrogens is 1. The maximum absolute atomic E-state index is 12.6. The third-order valence-corrected chi connectivity index (χ3v) is 5.39. The van der Waals surface area contributed by atoms with Crippen molar-refractivity contribution in [2.75, 3.05) is 26.7 Å². The second kappa shape index (κ2) is 5.54. The number of ether oxygens (including phenoxy) is 1. The van der Waals surface area contributed by atoms with Crippen molar-refractivity contribution in [3.63, 3.8) is 0 Å². The number of hydrogen-bond acceptors (Lipinski definition) is 4. The maximum atomic E-state index is 12.6. The second-order valence-corrected chi connectivity index (χ2v) is 6.86. The lowest BCUT2D eigenvalue weighted by Gasteiger charge is -2.25. The Balaban J connectivity index is 1.53. The van der Waals surface area contributed by atoms with Crippen LogP contribution in [0, 0.1) is 5.92 Å². The molecule has 5 nitrogen and oxygen atoms in total. The van der Waals surface area contributed by atoms with E-state index >= 15 is 0 Å². The molecule has 2 atom stereocenters. The van der Waals surface area contributed by atoms with E-state index < -0.39 is 0 Å². The normalized spacial score (nSPS) is 29.1. The van der Waals surface area contributed by atoms with E-state index in [-0.39, 0.29) is 18.1 Å². The lowest BCUT2D eigenvalue weighted by molar-refractivity contribution is 0.0680. The first-order chi connectivity index (χ1) is 10.7. The van der Waals surface area contributed by atoms with E-state index in [0.29, 0.717) is 11.4 Å². The van der Waals surface area contributed by atoms with Crippen molar-refractivity contribution >= 4 is 5.91 Å². The molecule has 0 spiro atoms. The number of carbonyl (C=O) groups is 1. The molecule has 1 saturated heterocycles. The molecule has 5 heteroatoms. The standard InChI is InChI=1S/C17H23N3O2/c1-19-14-10-20(9-12-5-2-3-6-12)11-15(14)22-16-13(17(19)21)7-4-8-18-16/h4,7-8,12,14-15H,2-3,5-6,9-11H2,1H3/t14-,15+/m1/s1. The van der Waals surface area contributed by atoms with Gasteiger partial charge in [0.15, 0.2) is 0 Å². The summed E-state index contributed by atoms with van der Waals surface area (Å²) in [6, 6.07) is 3.73. The fraction of sp³-hybridized carbons (Fsp3) is 0.647. The Morgan fingerprint density at radius 1 is 1.32 bits per heavy atom. The number of fused-ring (bicyclic) bond motifs is 2. The second-order valence-electron chi connectivity index (χ2n) is 6.86. The first-order valence-corrected chi connectivity index (χ1v) is 8.33. The summed E-state index contributed by atoms with van der Waals surface area (Å²) in [5.41, 5.74) is 0.585. The highest BCUT2D eigenvalue weighted by Crippen LogP contribution is 2.31. The Kier molecular flexibility index (Phi) is 3.53. The minimum atomic E-state index is 0.0262. The Bertz CT molecular complexity index is 571. The zero-order valence-electron chi connectivity index (χ0n) is 13.1. The monoisotopic (exact) mass is 301 g/mol. The van der Waals surface area contributed by atoms with Crippen LogP contribution in [0.3, 0.4) is 0 Å². The van der Waals surface area contributed by atoms with Crippen molar-refractivity contribution in [1.82, 2.24) is 14.8 Å². The fourth-order valence-electron chi connectivity index (χ4n) is 4.16. The fourth-order valence-corrected chi connectivity index (χ4v) is 4.16. The highest BCUT2D eigenvalue weighted by atomic mass is 16.5. The Labute approximate surface area is 131 Å². The SMILES string of the molecule is CN1C(=O)c2cccnc2O[C@H]2CN(CC3CCCC3)C[C@H]21. The molecule has 1 aromatic rings. The summed E-state index contributed by atoms with van der Waals surface area (Å²) in [6.45, 7) is 2.96. The number of likely N-dealkylation sites (tertiary alicyclic amines) is 1. The first kappa shape index (κ1) is 14.0. The molecule has 0 radical (unpaired) electrons. The number of pyridine rings is 1. The number of likely N-dealkylation sites (N-methyl/N-ethyl adjacent to an activating group) is 1. The summed E-state index contributed by atoms with van der Waals surface area (Å²) in [4.78, 5) is 21.2. The summed E-state index contributed by atoms with van der Waals surface area (Å²) in [7, 11) is 1.89. The number of nitrogens with zero attached hydrogens (tertiary/aromatic N) is 3. The average Bonchev–Trinajstić information content (AvgIpc) is 3.15. The molecule has 1 amide bonds. The van der Waals surface area contributed by atoms with Gasteiger partial charge in [0.2, 0.25) is 5.88 Å². The summed E-state index contributed by atoms with van der Waals surface area (Å²) in [6.07, 6.45) is 7.18. The van der Waals surface area contributed by atoms with Gasteiger partial charge in [-0.2, -0.15) is 0 Å². The molecule has 22 heavy (non-hydrogen) atoms. The predicted octanol–water partition coefficient (Wildman–Crippen LogP) is 1.79. The van der Waals surface area contributed by atoms with Gasteiger partial charge in [-0.25, -0.2) is 4.98 Å². The topological polar surface area (TPSA) is 45.7 Å². The van der Waals surface area contributed by atoms with Crippen LogP contribution in [0.5, 0.6) is 5.88 Å². The molecule has 0 bridgehead atoms. The van der Waals surface area contributed by atoms with Crippen LogP contribution in [0.2, 0.25) is 0 Å².